The van der Waals surface area contributed by atoms with Crippen molar-refractivity contribution in [3.63, 3.8) is 0 Å². The van der Waals surface area contributed by atoms with E-state index >= 15 is 0 Å². The topological polar surface area (TPSA) is 0 Å². The molecule has 1 heterocycles. The molecule has 0 saturated heterocycles. The van der Waals surface area contributed by atoms with Crippen molar-refractivity contribution >= 4 is 56.5 Å². The van der Waals surface area contributed by atoms with Crippen molar-refractivity contribution < 1.29 is 0 Å². The van der Waals surface area contributed by atoms with Crippen LogP contribution in [0.3, 0.4) is 0 Å². The van der Waals surface area contributed by atoms with E-state index in [1.54, 1.807) is 0 Å². The van der Waals surface area contributed by atoms with Gasteiger partial charge in [-0.25, -0.2) is 0 Å². The van der Waals surface area contributed by atoms with Crippen molar-refractivity contribution in [1.29, 1.82) is 0 Å². The Kier molecular flexibility index (Phi) is 4.24. The standard InChI is InChI=1S/C16H10I2S/c17-15-13(11-7-3-1-4-8-11)14(16(18)19-15)12-9-5-2-6-10-12/h1-10H. The summed E-state index contributed by atoms with van der Waals surface area (Å²) in [6, 6.07) is 21.3. The molecule has 2 aromatic carbocycles. The maximum absolute atomic E-state index is 2.45. The molecule has 3 aromatic rings. The summed E-state index contributed by atoms with van der Waals surface area (Å²) in [6.07, 6.45) is 0. The van der Waals surface area contributed by atoms with E-state index in [-0.39, 0.29) is 0 Å². The van der Waals surface area contributed by atoms with E-state index < -0.39 is 0 Å². The first kappa shape index (κ1) is 13.6. The normalized spacial score (nSPS) is 10.6. The number of rotatable bonds is 2. The predicted molar refractivity (Wildman–Crippen MR) is 101 cm³/mol. The Hall–Kier alpha value is -0.400. The third kappa shape index (κ3) is 2.73. The second kappa shape index (κ2) is 5.93. The van der Waals surface area contributed by atoms with Gasteiger partial charge in [-0.1, -0.05) is 60.7 Å². The van der Waals surface area contributed by atoms with Gasteiger partial charge >= 0.3 is 0 Å². The summed E-state index contributed by atoms with van der Waals surface area (Å²) in [6.45, 7) is 0. The first-order valence-electron chi connectivity index (χ1n) is 5.86. The number of halogens is 2. The van der Waals surface area contributed by atoms with Gasteiger partial charge in [0.15, 0.2) is 0 Å². The fourth-order valence-electron chi connectivity index (χ4n) is 2.10. The first-order chi connectivity index (χ1) is 9.27. The molecule has 0 spiro atoms. The van der Waals surface area contributed by atoms with Crippen LogP contribution in [-0.2, 0) is 0 Å². The minimum atomic E-state index is 1.30. The molecule has 0 amide bonds. The monoisotopic (exact) mass is 488 g/mol. The van der Waals surface area contributed by atoms with Crippen LogP contribution in [0.2, 0.25) is 0 Å². The number of benzene rings is 2. The van der Waals surface area contributed by atoms with E-state index in [0.29, 0.717) is 0 Å². The molecule has 0 saturated carbocycles. The molecule has 0 bridgehead atoms. The SMILES string of the molecule is Ic1sc(I)c(-c2ccccc2)c1-c1ccccc1. The maximum Gasteiger partial charge on any atom is 0.0749 e. The van der Waals surface area contributed by atoms with Crippen LogP contribution in [-0.4, -0.2) is 0 Å². The van der Waals surface area contributed by atoms with E-state index in [1.165, 1.54) is 28.0 Å². The summed E-state index contributed by atoms with van der Waals surface area (Å²) in [5.74, 6) is 0. The van der Waals surface area contributed by atoms with Gasteiger partial charge in [-0.3, -0.25) is 0 Å². The summed E-state index contributed by atoms with van der Waals surface area (Å²) in [4.78, 5) is 0. The molecular weight excluding hydrogens is 478 g/mol. The molecule has 0 nitrogen and oxygen atoms in total. The lowest BCUT2D eigenvalue weighted by molar-refractivity contribution is 1.62. The highest BCUT2D eigenvalue weighted by Gasteiger charge is 2.17. The molecule has 94 valence electrons. The first-order valence-corrected chi connectivity index (χ1v) is 8.83. The van der Waals surface area contributed by atoms with E-state index in [9.17, 15) is 0 Å². The van der Waals surface area contributed by atoms with Gasteiger partial charge in [0.1, 0.15) is 0 Å². The summed E-state index contributed by atoms with van der Waals surface area (Å²) in [5, 5.41) is 0. The van der Waals surface area contributed by atoms with Crippen LogP contribution < -0.4 is 0 Å². The lowest BCUT2D eigenvalue weighted by Gasteiger charge is -2.06. The molecule has 0 aliphatic heterocycles. The van der Waals surface area contributed by atoms with Crippen molar-refractivity contribution in [1.82, 2.24) is 0 Å². The highest BCUT2D eigenvalue weighted by molar-refractivity contribution is 14.1. The predicted octanol–water partition coefficient (Wildman–Crippen LogP) is 6.29. The Morgan fingerprint density at radius 3 is 1.32 bits per heavy atom. The quantitative estimate of drug-likeness (QED) is 0.372. The Balaban J connectivity index is 2.26. The van der Waals surface area contributed by atoms with Crippen LogP contribution >= 0.6 is 56.5 Å². The number of thiophene rings is 1. The zero-order chi connectivity index (χ0) is 13.2. The zero-order valence-electron chi connectivity index (χ0n) is 9.94. The van der Waals surface area contributed by atoms with Crippen molar-refractivity contribution in [2.45, 2.75) is 0 Å². The van der Waals surface area contributed by atoms with E-state index in [4.69, 9.17) is 0 Å². The molecule has 0 fully saturated rings. The Bertz CT molecular complexity index is 628. The van der Waals surface area contributed by atoms with Gasteiger partial charge in [0.2, 0.25) is 0 Å². The molecular formula is C16H10I2S. The number of hydrogen-bond donors (Lipinski definition) is 0. The van der Waals surface area contributed by atoms with E-state index in [0.717, 1.165) is 0 Å². The van der Waals surface area contributed by atoms with Crippen LogP contribution in [0.15, 0.2) is 60.7 Å². The van der Waals surface area contributed by atoms with Gasteiger partial charge in [-0.05, 0) is 56.3 Å². The van der Waals surface area contributed by atoms with Gasteiger partial charge in [0.05, 0.1) is 5.77 Å². The van der Waals surface area contributed by atoms with E-state index in [1.807, 2.05) is 11.3 Å². The minimum absolute atomic E-state index is 1.30. The fraction of sp³-hybridized carbons (Fsp3) is 0. The summed E-state index contributed by atoms with van der Waals surface area (Å²) < 4.78 is 2.71. The van der Waals surface area contributed by atoms with Crippen LogP contribution in [0.4, 0.5) is 0 Å². The van der Waals surface area contributed by atoms with Gasteiger partial charge < -0.3 is 0 Å². The van der Waals surface area contributed by atoms with Crippen LogP contribution in [0.25, 0.3) is 22.3 Å². The van der Waals surface area contributed by atoms with Crippen LogP contribution in [0.1, 0.15) is 0 Å². The summed E-state index contributed by atoms with van der Waals surface area (Å²) >= 11 is 6.76. The Labute approximate surface area is 144 Å². The largest absolute Gasteiger partial charge is 0.122 e. The van der Waals surface area contributed by atoms with Gasteiger partial charge in [-0.2, -0.15) is 0 Å². The molecule has 0 radical (unpaired) electrons. The van der Waals surface area contributed by atoms with E-state index in [2.05, 4.69) is 106 Å². The van der Waals surface area contributed by atoms with Crippen molar-refractivity contribution in [2.75, 3.05) is 0 Å². The average Bonchev–Trinajstić information content (AvgIpc) is 2.75. The smallest absolute Gasteiger partial charge is 0.0749 e. The van der Waals surface area contributed by atoms with Crippen molar-refractivity contribution in [3.8, 4) is 22.3 Å². The third-order valence-electron chi connectivity index (χ3n) is 2.95. The second-order valence-corrected chi connectivity index (χ2v) is 8.77. The minimum Gasteiger partial charge on any atom is -0.122 e. The Morgan fingerprint density at radius 2 is 0.947 bits per heavy atom. The molecule has 0 aliphatic rings. The molecule has 0 N–H and O–H groups in total. The molecule has 19 heavy (non-hydrogen) atoms. The van der Waals surface area contributed by atoms with Gasteiger partial charge in [-0.15, -0.1) is 11.3 Å². The summed E-state index contributed by atoms with van der Waals surface area (Å²) in [7, 11) is 0. The van der Waals surface area contributed by atoms with Crippen molar-refractivity contribution in [3.05, 3.63) is 66.4 Å². The van der Waals surface area contributed by atoms with Crippen LogP contribution in [0, 0.1) is 5.77 Å². The highest BCUT2D eigenvalue weighted by Crippen LogP contribution is 2.44. The third-order valence-corrected chi connectivity index (χ3v) is 6.11. The molecule has 0 atom stereocenters. The lowest BCUT2D eigenvalue weighted by atomic mass is 9.99. The number of hydrogen-bond acceptors (Lipinski definition) is 1. The molecule has 0 unspecified atom stereocenters. The van der Waals surface area contributed by atoms with Crippen LogP contribution in [0.5, 0.6) is 0 Å². The Morgan fingerprint density at radius 1 is 0.579 bits per heavy atom. The molecule has 3 heteroatoms. The summed E-state index contributed by atoms with van der Waals surface area (Å²) in [5.41, 5.74) is 5.32. The van der Waals surface area contributed by atoms with Gasteiger partial charge in [0.25, 0.3) is 0 Å². The highest BCUT2D eigenvalue weighted by atomic mass is 127. The lowest BCUT2D eigenvalue weighted by Crippen LogP contribution is -1.83. The molecule has 1 aromatic heterocycles. The fourth-order valence-corrected chi connectivity index (χ4v) is 6.65. The average molecular weight is 488 g/mol. The second-order valence-electron chi connectivity index (χ2n) is 4.13. The molecule has 3 rings (SSSR count). The molecule has 0 aliphatic carbocycles. The van der Waals surface area contributed by atoms with Gasteiger partial charge in [0, 0.05) is 11.1 Å². The van der Waals surface area contributed by atoms with Crippen molar-refractivity contribution in [2.24, 2.45) is 0 Å². The maximum atomic E-state index is 2.45. The zero-order valence-corrected chi connectivity index (χ0v) is 15.1.